The zero-order chi connectivity index (χ0) is 23.7. The normalized spacial score (nSPS) is 13.5. The number of carbonyl (C=O) groups is 1. The number of halogens is 3. The Hall–Kier alpha value is -3.16. The van der Waals surface area contributed by atoms with Crippen LogP contribution in [0.4, 0.5) is 13.2 Å². The molecule has 0 radical (unpaired) electrons. The molecule has 2 aromatic rings. The lowest BCUT2D eigenvalue weighted by atomic mass is 9.75. The van der Waals surface area contributed by atoms with Crippen molar-refractivity contribution in [1.29, 1.82) is 0 Å². The summed E-state index contributed by atoms with van der Waals surface area (Å²) >= 11 is 0. The molecule has 0 saturated carbocycles. The van der Waals surface area contributed by atoms with Gasteiger partial charge in [0, 0.05) is 13.5 Å². The summed E-state index contributed by atoms with van der Waals surface area (Å²) in [4.78, 5) is 15.0. The molecule has 0 aromatic heterocycles. The molecular weight excluding hydrogens is 421 g/mol. The van der Waals surface area contributed by atoms with Crippen LogP contribution in [0.15, 0.2) is 60.4 Å². The van der Waals surface area contributed by atoms with Gasteiger partial charge in [-0.2, -0.15) is 8.78 Å². The first-order valence-electron chi connectivity index (χ1n) is 10.3. The number of likely N-dealkylation sites (N-methyl/N-ethyl adjacent to an activating group) is 1. The van der Waals surface area contributed by atoms with Gasteiger partial charge in [-0.15, -0.1) is 0 Å². The molecule has 1 atom stereocenters. The number of ether oxygens (including phenoxy) is 2. The van der Waals surface area contributed by atoms with Gasteiger partial charge >= 0.3 is 6.61 Å². The Morgan fingerprint density at radius 2 is 1.84 bits per heavy atom. The predicted molar refractivity (Wildman–Crippen MR) is 117 cm³/mol. The van der Waals surface area contributed by atoms with E-state index in [4.69, 9.17) is 10.5 Å². The lowest BCUT2D eigenvalue weighted by Crippen LogP contribution is -2.45. The summed E-state index contributed by atoms with van der Waals surface area (Å²) in [6, 6.07) is 12.9. The maximum atomic E-state index is 13.7. The second kappa shape index (κ2) is 11.5. The molecule has 1 amide bonds. The van der Waals surface area contributed by atoms with Gasteiger partial charge in [-0.05, 0) is 54.8 Å². The zero-order valence-electron chi connectivity index (χ0n) is 18.5. The predicted octanol–water partition coefficient (Wildman–Crippen LogP) is 5.00. The number of hydrogen-bond acceptors (Lipinski definition) is 4. The monoisotopic (exact) mass is 450 g/mol. The Labute approximate surface area is 186 Å². The minimum absolute atomic E-state index is 0.0133. The third-order valence-electron chi connectivity index (χ3n) is 5.15. The molecular formula is C24H29F3N2O3. The maximum absolute atomic E-state index is 13.7. The second-order valence-corrected chi connectivity index (χ2v) is 7.35. The summed E-state index contributed by atoms with van der Waals surface area (Å²) in [6.45, 7) is 0.406. The van der Waals surface area contributed by atoms with E-state index in [2.05, 4.69) is 4.74 Å². The van der Waals surface area contributed by atoms with Crippen molar-refractivity contribution in [2.75, 3.05) is 20.3 Å². The van der Waals surface area contributed by atoms with Crippen LogP contribution in [-0.4, -0.2) is 37.7 Å². The van der Waals surface area contributed by atoms with Crippen LogP contribution in [0.1, 0.15) is 37.8 Å². The fourth-order valence-corrected chi connectivity index (χ4v) is 3.32. The number of benzene rings is 2. The molecule has 32 heavy (non-hydrogen) atoms. The Morgan fingerprint density at radius 3 is 2.44 bits per heavy atom. The summed E-state index contributed by atoms with van der Waals surface area (Å²) in [5, 5.41) is 0. The summed E-state index contributed by atoms with van der Waals surface area (Å²) in [5.41, 5.74) is 6.02. The molecule has 0 aliphatic rings. The number of allylic oxidation sites excluding steroid dienone is 1. The van der Waals surface area contributed by atoms with E-state index in [-0.39, 0.29) is 24.7 Å². The summed E-state index contributed by atoms with van der Waals surface area (Å²) in [5.74, 6) is 0.466. The van der Waals surface area contributed by atoms with Crippen LogP contribution in [0.3, 0.4) is 0 Å². The van der Waals surface area contributed by atoms with Crippen molar-refractivity contribution in [2.45, 2.75) is 38.7 Å². The van der Waals surface area contributed by atoms with Gasteiger partial charge in [0.05, 0.1) is 18.7 Å². The molecule has 2 N–H and O–H groups in total. The van der Waals surface area contributed by atoms with E-state index >= 15 is 0 Å². The SMILES string of the molecule is CC/C=C(\N)N(C)C(=O)C(C)(c1ccc(OC(F)F)cc1)c1cccc(OCCCF)c1. The molecule has 8 heteroatoms. The van der Waals surface area contributed by atoms with Gasteiger partial charge < -0.3 is 20.1 Å². The molecule has 0 saturated heterocycles. The molecule has 0 aliphatic heterocycles. The van der Waals surface area contributed by atoms with E-state index in [0.29, 0.717) is 29.1 Å². The van der Waals surface area contributed by atoms with E-state index < -0.39 is 18.7 Å². The van der Waals surface area contributed by atoms with E-state index in [1.807, 2.05) is 6.92 Å². The summed E-state index contributed by atoms with van der Waals surface area (Å²) < 4.78 is 47.6. The van der Waals surface area contributed by atoms with Crippen LogP contribution in [-0.2, 0) is 10.2 Å². The first-order valence-corrected chi connectivity index (χ1v) is 10.3. The molecule has 174 valence electrons. The van der Waals surface area contributed by atoms with Crippen molar-refractivity contribution < 1.29 is 27.4 Å². The molecule has 5 nitrogen and oxygen atoms in total. The fraction of sp³-hybridized carbons (Fsp3) is 0.375. The highest BCUT2D eigenvalue weighted by Crippen LogP contribution is 2.37. The summed E-state index contributed by atoms with van der Waals surface area (Å²) in [6.07, 6.45) is 2.64. The topological polar surface area (TPSA) is 64.8 Å². The largest absolute Gasteiger partial charge is 0.493 e. The van der Waals surface area contributed by atoms with Gasteiger partial charge in [0.15, 0.2) is 0 Å². The van der Waals surface area contributed by atoms with E-state index in [1.54, 1.807) is 56.4 Å². The van der Waals surface area contributed by atoms with Crippen LogP contribution in [0.25, 0.3) is 0 Å². The molecule has 0 aliphatic carbocycles. The van der Waals surface area contributed by atoms with Crippen LogP contribution >= 0.6 is 0 Å². The van der Waals surface area contributed by atoms with Gasteiger partial charge in [0.25, 0.3) is 0 Å². The van der Waals surface area contributed by atoms with Gasteiger partial charge in [-0.1, -0.05) is 31.2 Å². The number of rotatable bonds is 11. The number of carbonyl (C=O) groups excluding carboxylic acids is 1. The second-order valence-electron chi connectivity index (χ2n) is 7.35. The number of nitrogens with two attached hydrogens (primary N) is 1. The molecule has 1 unspecified atom stereocenters. The first-order chi connectivity index (χ1) is 15.2. The highest BCUT2D eigenvalue weighted by Gasteiger charge is 2.40. The van der Waals surface area contributed by atoms with Crippen LogP contribution < -0.4 is 15.2 Å². The van der Waals surface area contributed by atoms with Crippen molar-refractivity contribution in [3.8, 4) is 11.5 Å². The quantitative estimate of drug-likeness (QED) is 0.490. The van der Waals surface area contributed by atoms with E-state index in [0.717, 1.165) is 0 Å². The summed E-state index contributed by atoms with van der Waals surface area (Å²) in [7, 11) is 1.58. The van der Waals surface area contributed by atoms with Crippen LogP contribution in [0.2, 0.25) is 0 Å². The molecule has 2 aromatic carbocycles. The van der Waals surface area contributed by atoms with Gasteiger partial charge in [-0.25, -0.2) is 0 Å². The molecule has 2 rings (SSSR count). The van der Waals surface area contributed by atoms with Crippen molar-refractivity contribution in [3.63, 3.8) is 0 Å². The minimum atomic E-state index is -2.95. The van der Waals surface area contributed by atoms with Gasteiger partial charge in [0.1, 0.15) is 17.3 Å². The highest BCUT2D eigenvalue weighted by atomic mass is 19.3. The third-order valence-corrected chi connectivity index (χ3v) is 5.15. The molecule has 0 spiro atoms. The Balaban J connectivity index is 2.53. The van der Waals surface area contributed by atoms with E-state index in [1.165, 1.54) is 17.0 Å². The van der Waals surface area contributed by atoms with Gasteiger partial charge in [0.2, 0.25) is 5.91 Å². The lowest BCUT2D eigenvalue weighted by molar-refractivity contribution is -0.132. The highest BCUT2D eigenvalue weighted by molar-refractivity contribution is 5.92. The number of nitrogens with zero attached hydrogens (tertiary/aromatic N) is 1. The molecule has 0 bridgehead atoms. The number of hydrogen-bond donors (Lipinski definition) is 1. The van der Waals surface area contributed by atoms with Crippen molar-refractivity contribution >= 4 is 5.91 Å². The van der Waals surface area contributed by atoms with E-state index in [9.17, 15) is 18.0 Å². The smallest absolute Gasteiger partial charge is 0.387 e. The average Bonchev–Trinajstić information content (AvgIpc) is 2.78. The van der Waals surface area contributed by atoms with Crippen molar-refractivity contribution in [3.05, 3.63) is 71.6 Å². The molecule has 0 fully saturated rings. The van der Waals surface area contributed by atoms with Crippen LogP contribution in [0, 0.1) is 0 Å². The Morgan fingerprint density at radius 1 is 1.16 bits per heavy atom. The van der Waals surface area contributed by atoms with Crippen LogP contribution in [0.5, 0.6) is 11.5 Å². The first kappa shape index (κ1) is 25.1. The standard InChI is InChI=1S/C24H29F3N2O3/c1-4-7-21(28)29(3)22(30)24(2,17-10-12-19(13-11-17)32-23(26)27)18-8-5-9-20(16-18)31-15-6-14-25/h5,7-13,16,23H,4,6,14-15,28H2,1-3H3/b21-7+. The van der Waals surface area contributed by atoms with Gasteiger partial charge in [-0.3, -0.25) is 9.18 Å². The van der Waals surface area contributed by atoms with Crippen molar-refractivity contribution in [1.82, 2.24) is 4.90 Å². The van der Waals surface area contributed by atoms with Crippen molar-refractivity contribution in [2.24, 2.45) is 5.73 Å². The minimum Gasteiger partial charge on any atom is -0.493 e. The number of alkyl halides is 3. The zero-order valence-corrected chi connectivity index (χ0v) is 18.5. The molecule has 0 heterocycles. The maximum Gasteiger partial charge on any atom is 0.387 e. The lowest BCUT2D eigenvalue weighted by Gasteiger charge is -2.34. The Kier molecular flexibility index (Phi) is 8.99. The number of amides is 1. The third kappa shape index (κ3) is 5.96. The fourth-order valence-electron chi connectivity index (χ4n) is 3.32. The average molecular weight is 451 g/mol. The Bertz CT molecular complexity index is 919.